The van der Waals surface area contributed by atoms with E-state index in [1.807, 2.05) is 24.3 Å². The molecule has 132 valence electrons. The van der Waals surface area contributed by atoms with Gasteiger partial charge in [-0.05, 0) is 61.7 Å². The van der Waals surface area contributed by atoms with E-state index in [2.05, 4.69) is 26.6 Å². The number of aryl methyl sites for hydroxylation is 1. The zero-order valence-corrected chi connectivity index (χ0v) is 17.1. The Labute approximate surface area is 165 Å². The summed E-state index contributed by atoms with van der Waals surface area (Å²) in [7, 11) is 1.42. The number of methoxy groups -OCH3 is 1. The number of hydrogen-bond donors (Lipinski definition) is 2. The number of esters is 1. The van der Waals surface area contributed by atoms with E-state index in [1.54, 1.807) is 11.3 Å². The summed E-state index contributed by atoms with van der Waals surface area (Å²) in [5.74, 6) is -0.299. The third kappa shape index (κ3) is 4.40. The normalized spacial score (nSPS) is 13.5. The van der Waals surface area contributed by atoms with E-state index in [0.29, 0.717) is 10.7 Å². The number of halogens is 1. The first-order valence-corrected chi connectivity index (χ1v) is 10.2. The molecule has 1 aliphatic carbocycles. The summed E-state index contributed by atoms with van der Waals surface area (Å²) in [5.41, 5.74) is 2.65. The van der Waals surface area contributed by atoms with Gasteiger partial charge in [-0.3, -0.25) is 0 Å². The van der Waals surface area contributed by atoms with E-state index in [4.69, 9.17) is 17.0 Å². The van der Waals surface area contributed by atoms with Gasteiger partial charge in [-0.25, -0.2) is 4.79 Å². The minimum Gasteiger partial charge on any atom is -0.465 e. The summed E-state index contributed by atoms with van der Waals surface area (Å²) in [5, 5.41) is 7.57. The Hall–Kier alpha value is -1.44. The molecule has 0 bridgehead atoms. The molecule has 0 aliphatic heterocycles. The van der Waals surface area contributed by atoms with Gasteiger partial charge in [-0.1, -0.05) is 28.4 Å². The maximum atomic E-state index is 12.3. The van der Waals surface area contributed by atoms with E-state index >= 15 is 0 Å². The lowest BCUT2D eigenvalue weighted by Gasteiger charge is -2.11. The van der Waals surface area contributed by atoms with Crippen LogP contribution in [0.1, 0.15) is 40.1 Å². The van der Waals surface area contributed by atoms with Crippen LogP contribution in [-0.4, -0.2) is 18.2 Å². The summed E-state index contributed by atoms with van der Waals surface area (Å²) in [4.78, 5) is 13.6. The quantitative estimate of drug-likeness (QED) is 0.382. The van der Waals surface area contributed by atoms with Crippen LogP contribution in [0.25, 0.3) is 0 Å². The van der Waals surface area contributed by atoms with Gasteiger partial charge in [0.2, 0.25) is 0 Å². The zero-order valence-electron chi connectivity index (χ0n) is 13.9. The molecule has 0 saturated heterocycles. The molecule has 3 rings (SSSR count). The van der Waals surface area contributed by atoms with Crippen LogP contribution in [0.3, 0.4) is 0 Å². The SMILES string of the molecule is COC(=O)c1c(NC(=S)Nc2cccc(Br)c2)sc2c1CCCCC2. The van der Waals surface area contributed by atoms with Gasteiger partial charge in [-0.15, -0.1) is 11.3 Å². The Morgan fingerprint density at radius 3 is 2.80 bits per heavy atom. The number of benzene rings is 1. The third-order valence-electron chi connectivity index (χ3n) is 4.12. The minimum atomic E-state index is -0.299. The van der Waals surface area contributed by atoms with Gasteiger partial charge < -0.3 is 15.4 Å². The van der Waals surface area contributed by atoms with Crippen molar-refractivity contribution in [3.8, 4) is 0 Å². The van der Waals surface area contributed by atoms with Crippen molar-refractivity contribution in [1.82, 2.24) is 0 Å². The highest BCUT2D eigenvalue weighted by atomic mass is 79.9. The summed E-state index contributed by atoms with van der Waals surface area (Å²) in [6.07, 6.45) is 5.40. The van der Waals surface area contributed by atoms with Crippen LogP contribution < -0.4 is 10.6 Å². The first kappa shape index (κ1) is 18.4. The monoisotopic (exact) mass is 438 g/mol. The second-order valence-corrected chi connectivity index (χ2v) is 8.28. The molecule has 1 aromatic heterocycles. The average molecular weight is 439 g/mol. The van der Waals surface area contributed by atoms with Crippen molar-refractivity contribution < 1.29 is 9.53 Å². The molecule has 0 atom stereocenters. The molecule has 0 saturated carbocycles. The Balaban J connectivity index is 1.83. The van der Waals surface area contributed by atoms with Crippen LogP contribution >= 0.6 is 39.5 Å². The molecule has 0 unspecified atom stereocenters. The van der Waals surface area contributed by atoms with E-state index in [-0.39, 0.29) is 5.97 Å². The van der Waals surface area contributed by atoms with Gasteiger partial charge in [-0.2, -0.15) is 0 Å². The van der Waals surface area contributed by atoms with Crippen LogP contribution in [0.15, 0.2) is 28.7 Å². The number of fused-ring (bicyclic) bond motifs is 1. The minimum absolute atomic E-state index is 0.299. The molecule has 4 nitrogen and oxygen atoms in total. The highest BCUT2D eigenvalue weighted by Gasteiger charge is 2.25. The second-order valence-electron chi connectivity index (χ2n) is 5.85. The van der Waals surface area contributed by atoms with Crippen LogP contribution in [0.5, 0.6) is 0 Å². The van der Waals surface area contributed by atoms with E-state index in [1.165, 1.54) is 18.4 Å². The first-order valence-electron chi connectivity index (χ1n) is 8.15. The molecule has 2 aromatic rings. The Morgan fingerprint density at radius 2 is 2.04 bits per heavy atom. The molecule has 1 aromatic carbocycles. The maximum absolute atomic E-state index is 12.3. The molecule has 1 heterocycles. The second kappa shape index (κ2) is 8.29. The summed E-state index contributed by atoms with van der Waals surface area (Å²) in [6.45, 7) is 0. The van der Waals surface area contributed by atoms with Crippen LogP contribution in [0.2, 0.25) is 0 Å². The standard InChI is InChI=1S/C18H19BrN2O2S2/c1-23-17(22)15-13-8-3-2-4-9-14(13)25-16(15)21-18(24)20-12-7-5-6-11(19)10-12/h5-7,10H,2-4,8-9H2,1H3,(H2,20,21,24). The van der Waals surface area contributed by atoms with Gasteiger partial charge in [0.15, 0.2) is 5.11 Å². The smallest absolute Gasteiger partial charge is 0.341 e. The average Bonchev–Trinajstić information content (AvgIpc) is 2.75. The number of carbonyl (C=O) groups is 1. The number of rotatable bonds is 3. The lowest BCUT2D eigenvalue weighted by atomic mass is 10.1. The Kier molecular flexibility index (Phi) is 6.09. The number of thiophene rings is 1. The predicted octanol–water partition coefficient (Wildman–Crippen LogP) is 5.38. The van der Waals surface area contributed by atoms with Crippen molar-refractivity contribution in [2.24, 2.45) is 0 Å². The summed E-state index contributed by atoms with van der Waals surface area (Å²) in [6, 6.07) is 7.76. The highest BCUT2D eigenvalue weighted by molar-refractivity contribution is 9.10. The van der Waals surface area contributed by atoms with Crippen molar-refractivity contribution >= 4 is 61.3 Å². The molecular formula is C18H19BrN2O2S2. The van der Waals surface area contributed by atoms with Crippen LogP contribution in [0.4, 0.5) is 10.7 Å². The number of ether oxygens (including phenoxy) is 1. The fourth-order valence-electron chi connectivity index (χ4n) is 2.98. The topological polar surface area (TPSA) is 50.4 Å². The predicted molar refractivity (Wildman–Crippen MR) is 111 cm³/mol. The van der Waals surface area contributed by atoms with Crippen molar-refractivity contribution in [1.29, 1.82) is 0 Å². The van der Waals surface area contributed by atoms with Crippen LogP contribution in [0, 0.1) is 0 Å². The fourth-order valence-corrected chi connectivity index (χ4v) is 4.95. The number of anilines is 2. The van der Waals surface area contributed by atoms with Gasteiger partial charge in [0.05, 0.1) is 12.7 Å². The van der Waals surface area contributed by atoms with E-state index < -0.39 is 0 Å². The molecule has 0 amide bonds. The molecule has 7 heteroatoms. The van der Waals surface area contributed by atoms with Crippen LogP contribution in [-0.2, 0) is 17.6 Å². The molecule has 1 aliphatic rings. The van der Waals surface area contributed by atoms with E-state index in [9.17, 15) is 4.79 Å². The summed E-state index contributed by atoms with van der Waals surface area (Å²) < 4.78 is 5.99. The number of nitrogens with one attached hydrogen (secondary N) is 2. The van der Waals surface area contributed by atoms with Crippen molar-refractivity contribution in [2.45, 2.75) is 32.1 Å². The van der Waals surface area contributed by atoms with Gasteiger partial charge in [0, 0.05) is 15.0 Å². The molecule has 25 heavy (non-hydrogen) atoms. The molecule has 0 fully saturated rings. The molecular weight excluding hydrogens is 420 g/mol. The number of hydrogen-bond acceptors (Lipinski definition) is 4. The highest BCUT2D eigenvalue weighted by Crippen LogP contribution is 2.38. The molecule has 2 N–H and O–H groups in total. The first-order chi connectivity index (χ1) is 12.1. The van der Waals surface area contributed by atoms with E-state index in [0.717, 1.165) is 46.4 Å². The van der Waals surface area contributed by atoms with Gasteiger partial charge in [0.1, 0.15) is 5.00 Å². The van der Waals surface area contributed by atoms with Gasteiger partial charge in [0.25, 0.3) is 0 Å². The lowest BCUT2D eigenvalue weighted by molar-refractivity contribution is 0.0601. The zero-order chi connectivity index (χ0) is 17.8. The molecule has 0 spiro atoms. The van der Waals surface area contributed by atoms with Crippen molar-refractivity contribution in [2.75, 3.05) is 17.7 Å². The number of thiocarbonyl (C=S) groups is 1. The third-order valence-corrected chi connectivity index (χ3v) is 6.02. The largest absolute Gasteiger partial charge is 0.465 e. The Bertz CT molecular complexity index is 804. The molecule has 0 radical (unpaired) electrons. The van der Waals surface area contributed by atoms with Crippen molar-refractivity contribution in [3.05, 3.63) is 44.7 Å². The van der Waals surface area contributed by atoms with Gasteiger partial charge >= 0.3 is 5.97 Å². The summed E-state index contributed by atoms with van der Waals surface area (Å²) >= 11 is 10.5. The van der Waals surface area contributed by atoms with Crippen molar-refractivity contribution in [3.63, 3.8) is 0 Å². The fraction of sp³-hybridized carbons (Fsp3) is 0.333. The lowest BCUT2D eigenvalue weighted by Crippen LogP contribution is -2.20. The Morgan fingerprint density at radius 1 is 1.24 bits per heavy atom. The maximum Gasteiger partial charge on any atom is 0.341 e. The number of carbonyl (C=O) groups excluding carboxylic acids is 1.